The zero-order valence-electron chi connectivity index (χ0n) is 16.7. The Labute approximate surface area is 172 Å². The molecule has 0 saturated carbocycles. The molecule has 2 aliphatic rings. The van der Waals surface area contributed by atoms with Crippen LogP contribution < -0.4 is 10.1 Å². The summed E-state index contributed by atoms with van der Waals surface area (Å²) in [7, 11) is 0. The summed E-state index contributed by atoms with van der Waals surface area (Å²) in [5, 5.41) is 2.45. The highest BCUT2D eigenvalue weighted by Crippen LogP contribution is 2.28. The van der Waals surface area contributed by atoms with Crippen LogP contribution in [0.3, 0.4) is 0 Å². The van der Waals surface area contributed by atoms with Gasteiger partial charge >= 0.3 is 0 Å². The summed E-state index contributed by atoms with van der Waals surface area (Å²) in [4.78, 5) is 26.9. The van der Waals surface area contributed by atoms with Crippen molar-refractivity contribution >= 4 is 11.8 Å². The van der Waals surface area contributed by atoms with Gasteiger partial charge in [0.25, 0.3) is 11.8 Å². The summed E-state index contributed by atoms with van der Waals surface area (Å²) in [6.07, 6.45) is 4.35. The van der Waals surface area contributed by atoms with Crippen LogP contribution >= 0.6 is 0 Å². The number of likely N-dealkylation sites (tertiary alicyclic amines) is 1. The lowest BCUT2D eigenvalue weighted by Crippen LogP contribution is -2.39. The second-order valence-electron chi connectivity index (χ2n) is 7.94. The number of piperidine rings is 1. The van der Waals surface area contributed by atoms with Crippen LogP contribution in [0.25, 0.3) is 0 Å². The molecule has 29 heavy (non-hydrogen) atoms. The number of benzene rings is 2. The Morgan fingerprint density at radius 3 is 2.45 bits per heavy atom. The molecule has 1 saturated heterocycles. The predicted octanol–water partition coefficient (Wildman–Crippen LogP) is 3.75. The lowest BCUT2D eigenvalue weighted by Gasteiger charge is -2.32. The minimum absolute atomic E-state index is 0.338. The van der Waals surface area contributed by atoms with Gasteiger partial charge in [-0.25, -0.2) is 0 Å². The van der Waals surface area contributed by atoms with Crippen LogP contribution in [0.15, 0.2) is 54.6 Å². The summed E-state index contributed by atoms with van der Waals surface area (Å²) in [5.41, 5.74) is 1.88. The molecule has 2 aromatic rings. The van der Waals surface area contributed by atoms with E-state index in [1.54, 1.807) is 18.2 Å². The highest BCUT2D eigenvalue weighted by molar-refractivity contribution is 6.08. The van der Waals surface area contributed by atoms with Crippen molar-refractivity contribution in [3.8, 4) is 5.75 Å². The Morgan fingerprint density at radius 1 is 0.931 bits per heavy atom. The van der Waals surface area contributed by atoms with Crippen molar-refractivity contribution in [2.45, 2.75) is 44.1 Å². The molecule has 2 amide bonds. The van der Waals surface area contributed by atoms with E-state index in [1.165, 1.54) is 18.4 Å². The summed E-state index contributed by atoms with van der Waals surface area (Å²) in [6, 6.07) is 17.8. The third-order valence-corrected chi connectivity index (χ3v) is 5.98. The molecular weight excluding hydrogens is 364 g/mol. The Balaban J connectivity index is 1.21. The van der Waals surface area contributed by atoms with E-state index in [1.807, 2.05) is 6.07 Å². The van der Waals surface area contributed by atoms with Gasteiger partial charge in [-0.1, -0.05) is 42.5 Å². The van der Waals surface area contributed by atoms with Gasteiger partial charge in [-0.2, -0.15) is 0 Å². The number of hydrogen-bond acceptors (Lipinski definition) is 4. The molecule has 2 heterocycles. The number of fused-ring (bicyclic) bond motifs is 1. The maximum Gasteiger partial charge on any atom is 0.267 e. The van der Waals surface area contributed by atoms with Crippen LogP contribution in [0, 0.1) is 0 Å². The standard InChI is InChI=1S/C24H28N2O3/c27-23-20-10-4-5-11-21(20)29-22(24(28)25-23)12-6-7-15-26-16-13-19(14-17-26)18-8-2-1-3-9-18/h1-5,8-11,19,22H,6-7,12-17H2,(H,25,27,28). The van der Waals surface area contributed by atoms with Crippen LogP contribution in [-0.4, -0.2) is 42.5 Å². The maximum atomic E-state index is 12.3. The number of imide groups is 1. The predicted molar refractivity (Wildman–Crippen MR) is 112 cm³/mol. The second kappa shape index (κ2) is 9.23. The molecule has 4 rings (SSSR count). The number of ether oxygens (including phenoxy) is 1. The van der Waals surface area contributed by atoms with E-state index < -0.39 is 6.10 Å². The molecule has 0 radical (unpaired) electrons. The molecule has 1 unspecified atom stereocenters. The van der Waals surface area contributed by atoms with E-state index in [9.17, 15) is 9.59 Å². The van der Waals surface area contributed by atoms with E-state index in [4.69, 9.17) is 4.74 Å². The number of nitrogens with one attached hydrogen (secondary N) is 1. The van der Waals surface area contributed by atoms with Crippen LogP contribution in [0.4, 0.5) is 0 Å². The van der Waals surface area contributed by atoms with E-state index in [-0.39, 0.29) is 11.8 Å². The largest absolute Gasteiger partial charge is 0.480 e. The highest BCUT2D eigenvalue weighted by Gasteiger charge is 2.29. The van der Waals surface area contributed by atoms with Gasteiger partial charge in [-0.05, 0) is 75.4 Å². The fourth-order valence-corrected chi connectivity index (χ4v) is 4.29. The number of carbonyl (C=O) groups excluding carboxylic acids is 2. The Morgan fingerprint density at radius 2 is 1.66 bits per heavy atom. The number of rotatable bonds is 6. The summed E-state index contributed by atoms with van der Waals surface area (Å²) in [6.45, 7) is 3.30. The van der Waals surface area contributed by atoms with Crippen molar-refractivity contribution in [1.82, 2.24) is 10.2 Å². The molecule has 152 valence electrons. The first-order valence-corrected chi connectivity index (χ1v) is 10.6. The Kier molecular flexibility index (Phi) is 6.25. The van der Waals surface area contributed by atoms with Gasteiger partial charge in [-0.3, -0.25) is 14.9 Å². The fourth-order valence-electron chi connectivity index (χ4n) is 4.29. The van der Waals surface area contributed by atoms with Crippen molar-refractivity contribution in [3.63, 3.8) is 0 Å². The molecule has 0 bridgehead atoms. The van der Waals surface area contributed by atoms with Gasteiger partial charge in [0.15, 0.2) is 6.10 Å². The average molecular weight is 392 g/mol. The fraction of sp³-hybridized carbons (Fsp3) is 0.417. The van der Waals surface area contributed by atoms with Gasteiger partial charge in [0.1, 0.15) is 5.75 Å². The molecule has 2 aromatic carbocycles. The topological polar surface area (TPSA) is 58.6 Å². The maximum absolute atomic E-state index is 12.3. The first kappa shape index (κ1) is 19.6. The van der Waals surface area contributed by atoms with Crippen molar-refractivity contribution in [1.29, 1.82) is 0 Å². The van der Waals surface area contributed by atoms with Crippen LogP contribution in [-0.2, 0) is 4.79 Å². The number of hydrogen-bond donors (Lipinski definition) is 1. The minimum Gasteiger partial charge on any atom is -0.480 e. The van der Waals surface area contributed by atoms with Crippen molar-refractivity contribution < 1.29 is 14.3 Å². The van der Waals surface area contributed by atoms with E-state index in [0.29, 0.717) is 23.7 Å². The second-order valence-corrected chi connectivity index (χ2v) is 7.94. The molecule has 2 aliphatic heterocycles. The normalized spacial score (nSPS) is 20.5. The van der Waals surface area contributed by atoms with Gasteiger partial charge < -0.3 is 9.64 Å². The number of carbonyl (C=O) groups is 2. The van der Waals surface area contributed by atoms with Crippen molar-refractivity contribution in [3.05, 3.63) is 65.7 Å². The quantitative estimate of drug-likeness (QED) is 0.601. The van der Waals surface area contributed by atoms with Gasteiger partial charge in [0, 0.05) is 0 Å². The molecule has 1 atom stereocenters. The third kappa shape index (κ3) is 4.85. The SMILES string of the molecule is O=C1NC(=O)C(CCCCN2CCC(c3ccccc3)CC2)Oc2ccccc21. The average Bonchev–Trinajstić information content (AvgIpc) is 2.88. The Bertz CT molecular complexity index is 844. The van der Waals surface area contributed by atoms with Crippen molar-refractivity contribution in [2.24, 2.45) is 0 Å². The highest BCUT2D eigenvalue weighted by atomic mass is 16.5. The number of unbranched alkanes of at least 4 members (excludes halogenated alkanes) is 1. The summed E-state index contributed by atoms with van der Waals surface area (Å²) < 4.78 is 5.85. The molecule has 1 N–H and O–H groups in total. The molecule has 0 aliphatic carbocycles. The molecule has 1 fully saturated rings. The lowest BCUT2D eigenvalue weighted by atomic mass is 9.89. The van der Waals surface area contributed by atoms with E-state index in [0.717, 1.165) is 32.5 Å². The zero-order valence-corrected chi connectivity index (χ0v) is 16.7. The molecule has 5 heteroatoms. The molecule has 0 spiro atoms. The lowest BCUT2D eigenvalue weighted by molar-refractivity contribution is -0.126. The van der Waals surface area contributed by atoms with Crippen LogP contribution in [0.5, 0.6) is 5.75 Å². The van der Waals surface area contributed by atoms with Gasteiger partial charge in [0.2, 0.25) is 0 Å². The molecular formula is C24H28N2O3. The van der Waals surface area contributed by atoms with E-state index >= 15 is 0 Å². The Hall–Kier alpha value is -2.66. The number of para-hydroxylation sites is 1. The number of nitrogens with zero attached hydrogens (tertiary/aromatic N) is 1. The van der Waals surface area contributed by atoms with Gasteiger partial charge in [-0.15, -0.1) is 0 Å². The number of amides is 2. The first-order valence-electron chi connectivity index (χ1n) is 10.6. The van der Waals surface area contributed by atoms with E-state index in [2.05, 4.69) is 40.5 Å². The monoisotopic (exact) mass is 392 g/mol. The smallest absolute Gasteiger partial charge is 0.267 e. The zero-order chi connectivity index (χ0) is 20.1. The van der Waals surface area contributed by atoms with Crippen LogP contribution in [0.2, 0.25) is 0 Å². The minimum atomic E-state index is -0.605. The summed E-state index contributed by atoms with van der Waals surface area (Å²) >= 11 is 0. The first-order chi connectivity index (χ1) is 14.2. The van der Waals surface area contributed by atoms with Crippen LogP contribution in [0.1, 0.15) is 53.9 Å². The molecule has 0 aromatic heterocycles. The molecule has 5 nitrogen and oxygen atoms in total. The summed E-state index contributed by atoms with van der Waals surface area (Å²) in [5.74, 6) is 0.446. The van der Waals surface area contributed by atoms with Gasteiger partial charge in [0.05, 0.1) is 5.56 Å². The van der Waals surface area contributed by atoms with Crippen molar-refractivity contribution in [2.75, 3.05) is 19.6 Å². The third-order valence-electron chi connectivity index (χ3n) is 5.98.